The Hall–Kier alpha value is -1.90. The van der Waals surface area contributed by atoms with E-state index in [0.29, 0.717) is 19.4 Å². The lowest BCUT2D eigenvalue weighted by Crippen LogP contribution is -2.50. The van der Waals surface area contributed by atoms with Gasteiger partial charge in [0.05, 0.1) is 6.10 Å². The van der Waals surface area contributed by atoms with Crippen LogP contribution in [0.15, 0.2) is 0 Å². The van der Waals surface area contributed by atoms with E-state index >= 15 is 0 Å². The molecule has 0 aliphatic heterocycles. The van der Waals surface area contributed by atoms with E-state index in [0.717, 1.165) is 26.1 Å². The minimum atomic E-state index is -6.43. The maximum absolute atomic E-state index is 12.5. The molecule has 2 fully saturated rings. The second-order valence-electron chi connectivity index (χ2n) is 15.9. The molecule has 2 bridgehead atoms. The fraction of sp³-hybridized carbons (Fsp3) is 1.00. The quantitative estimate of drug-likeness (QED) is 0.0691. The van der Waals surface area contributed by atoms with Crippen LogP contribution in [0, 0.1) is 11.8 Å². The molecule has 5 atom stereocenters. The maximum Gasteiger partial charge on any atom is 0.421 e. The standard InChI is InChI=1S/C8H14O.C6H12F2O4S.C5H9F3O4S.C5H10F2O4S.C4H5F5O4S.C3H6F2O4S.C3H6F2O3S/c1-9-8-5-6-2-3-7(8)4-6;1-12-5-3-2-4-6(7,8)13(9,10)11;1-12-3-2-4(6)5(7,8)13(9,10)11;1-11-4-2-3-5(6,7)12(8,9)10;1-13-2(3(5,6)7)4(8,9)14(10,11)12;1-9-2-3(4,5)10(6,7)8;1-3(4,5)2-9(6,7)8/h6-8H,2-5H2,1H3;2-5H2,1H3,(H,9,10,11);4H,2-3H2,1H3,(H,9,10,11);2-4H2,1H3,(H,8,9,10);2H,1H3,(H,10,11,12);2H2,1H3,(H,6,7,8);2H2,1H3,(H,6,7,8)/p-6. The summed E-state index contributed by atoms with van der Waals surface area (Å²) in [5.74, 6) is -3.08. The van der Waals surface area contributed by atoms with Gasteiger partial charge in [0.2, 0.25) is 6.10 Å². The summed E-state index contributed by atoms with van der Waals surface area (Å²) in [7, 11) is -27.0. The Bertz CT molecular complexity index is 2430. The van der Waals surface area contributed by atoms with Gasteiger partial charge < -0.3 is 55.7 Å². The Labute approximate surface area is 450 Å². The van der Waals surface area contributed by atoms with Crippen molar-refractivity contribution in [3.05, 3.63) is 0 Å². The molecular formula is C34H56F16O24S6-6. The van der Waals surface area contributed by atoms with E-state index in [1.807, 2.05) is 7.11 Å². The lowest BCUT2D eigenvalue weighted by molar-refractivity contribution is -0.257. The molecule has 2 aliphatic rings. The van der Waals surface area contributed by atoms with E-state index in [-0.39, 0.29) is 39.8 Å². The number of fused-ring (bicyclic) bond motifs is 2. The Balaban J connectivity index is -0.000000275. The monoisotopic (exact) mass is 1340 g/mol. The van der Waals surface area contributed by atoms with Crippen LogP contribution >= 0.6 is 0 Å². The summed E-state index contributed by atoms with van der Waals surface area (Å²) >= 11 is 0. The molecule has 0 aromatic carbocycles. The Morgan fingerprint density at radius 3 is 1.09 bits per heavy atom. The van der Waals surface area contributed by atoms with Crippen LogP contribution in [0.3, 0.4) is 0 Å². The summed E-state index contributed by atoms with van der Waals surface area (Å²) in [6, 6.07) is 0. The molecular weight excluding hydrogens is 1290 g/mol. The zero-order chi connectivity index (χ0) is 65.2. The van der Waals surface area contributed by atoms with Gasteiger partial charge >= 0.3 is 32.4 Å². The summed E-state index contributed by atoms with van der Waals surface area (Å²) in [4.78, 5) is 0. The van der Waals surface area contributed by atoms with E-state index < -0.39 is 143 Å². The van der Waals surface area contributed by atoms with Gasteiger partial charge in [0.15, 0.2) is 56.8 Å². The first-order valence-corrected chi connectivity index (χ1v) is 29.5. The van der Waals surface area contributed by atoms with Crippen molar-refractivity contribution in [1.82, 2.24) is 0 Å². The maximum atomic E-state index is 12.5. The number of hydrogen-bond donors (Lipinski definition) is 0. The fourth-order valence-electron chi connectivity index (χ4n) is 5.41. The minimum Gasteiger partial charge on any atom is -0.748 e. The van der Waals surface area contributed by atoms with Gasteiger partial charge in [-0.3, -0.25) is 0 Å². The zero-order valence-corrected chi connectivity index (χ0v) is 47.2. The molecule has 0 spiro atoms. The van der Waals surface area contributed by atoms with Crippen LogP contribution in [0.4, 0.5) is 70.2 Å². The van der Waals surface area contributed by atoms with E-state index in [9.17, 15) is 148 Å². The first-order chi connectivity index (χ1) is 35.2. The van der Waals surface area contributed by atoms with Gasteiger partial charge in [-0.25, -0.2) is 63.7 Å². The Morgan fingerprint density at radius 1 is 0.487 bits per heavy atom. The van der Waals surface area contributed by atoms with Crippen LogP contribution in [-0.2, 0) is 89.1 Å². The first-order valence-electron chi connectivity index (χ1n) is 20.9. The van der Waals surface area contributed by atoms with Crippen molar-refractivity contribution in [2.75, 3.05) is 74.8 Å². The first kappa shape index (κ1) is 86.9. The molecule has 0 aromatic heterocycles. The molecule has 0 radical (unpaired) electrons. The second kappa shape index (κ2) is 35.5. The van der Waals surface area contributed by atoms with Crippen molar-refractivity contribution in [2.45, 2.75) is 128 Å². The number of methoxy groups -OCH3 is 6. The van der Waals surface area contributed by atoms with Gasteiger partial charge in [-0.15, -0.1) is 0 Å². The lowest BCUT2D eigenvalue weighted by atomic mass is 9.98. The van der Waals surface area contributed by atoms with Gasteiger partial charge in [0.25, 0.3) is 5.92 Å². The number of alkyl halides is 16. The number of hydrogen-bond acceptors (Lipinski definition) is 24. The zero-order valence-electron chi connectivity index (χ0n) is 42.3. The molecule has 24 nitrogen and oxygen atoms in total. The molecule has 2 aliphatic carbocycles. The van der Waals surface area contributed by atoms with Crippen LogP contribution in [0.25, 0.3) is 0 Å². The van der Waals surface area contributed by atoms with Crippen molar-refractivity contribution in [3.8, 4) is 0 Å². The normalized spacial score (nSPS) is 18.3. The molecule has 490 valence electrons. The summed E-state index contributed by atoms with van der Waals surface area (Å²) in [6.07, 6.45) is -8.98. The molecule has 80 heavy (non-hydrogen) atoms. The van der Waals surface area contributed by atoms with Crippen molar-refractivity contribution in [1.29, 1.82) is 0 Å². The van der Waals surface area contributed by atoms with Crippen molar-refractivity contribution in [3.63, 3.8) is 0 Å². The molecule has 5 unspecified atom stereocenters. The van der Waals surface area contributed by atoms with Gasteiger partial charge in [0.1, 0.15) is 22.5 Å². The number of halogens is 16. The molecule has 0 amide bonds. The van der Waals surface area contributed by atoms with Gasteiger partial charge in [-0.2, -0.15) is 57.1 Å². The summed E-state index contributed by atoms with van der Waals surface area (Å²) in [5, 5.41) is -23.1. The average molecular weight is 1350 g/mol. The van der Waals surface area contributed by atoms with Crippen LogP contribution in [0.5, 0.6) is 0 Å². The number of ether oxygens (including phenoxy) is 6. The smallest absolute Gasteiger partial charge is 0.421 e. The van der Waals surface area contributed by atoms with Crippen LogP contribution in [-0.4, -0.2) is 209 Å². The topological polar surface area (TPSA) is 399 Å². The third kappa shape index (κ3) is 36.1. The molecule has 2 saturated carbocycles. The van der Waals surface area contributed by atoms with Crippen LogP contribution < -0.4 is 0 Å². The third-order valence-electron chi connectivity index (χ3n) is 9.14. The highest BCUT2D eigenvalue weighted by Gasteiger charge is 2.60. The summed E-state index contributed by atoms with van der Waals surface area (Å²) in [6.45, 7) is -1.13. The van der Waals surface area contributed by atoms with Gasteiger partial charge in [-0.05, 0) is 56.8 Å². The van der Waals surface area contributed by atoms with Gasteiger partial charge in [0, 0.05) is 88.7 Å². The largest absolute Gasteiger partial charge is 0.748 e. The highest BCUT2D eigenvalue weighted by Crippen LogP contribution is 2.45. The van der Waals surface area contributed by atoms with E-state index in [2.05, 4.69) is 23.7 Å². The second-order valence-corrected chi connectivity index (χ2v) is 24.7. The average Bonchev–Trinajstić information content (AvgIpc) is 3.86. The van der Waals surface area contributed by atoms with E-state index in [1.165, 1.54) is 39.9 Å². The van der Waals surface area contributed by atoms with Crippen molar-refractivity contribution in [2.24, 2.45) is 11.8 Å². The summed E-state index contributed by atoms with van der Waals surface area (Å²) < 4.78 is 396. The van der Waals surface area contributed by atoms with E-state index in [4.69, 9.17) is 4.74 Å². The van der Waals surface area contributed by atoms with E-state index in [1.54, 1.807) is 0 Å². The van der Waals surface area contributed by atoms with Gasteiger partial charge in [-0.1, -0.05) is 0 Å². The molecule has 0 N–H and O–H groups in total. The van der Waals surface area contributed by atoms with Crippen LogP contribution in [0.1, 0.15) is 71.1 Å². The van der Waals surface area contributed by atoms with Crippen molar-refractivity contribution < 1.29 is 176 Å². The molecule has 2 rings (SSSR count). The Kier molecular flexibility index (Phi) is 38.6. The van der Waals surface area contributed by atoms with Crippen LogP contribution in [0.2, 0.25) is 0 Å². The Morgan fingerprint density at radius 2 is 0.875 bits per heavy atom. The number of unbranched alkanes of at least 4 members (excludes halogenated alkanes) is 1. The molecule has 0 saturated heterocycles. The summed E-state index contributed by atoms with van der Waals surface area (Å²) in [5.41, 5.74) is 0. The fourth-order valence-corrected chi connectivity index (χ4v) is 8.01. The van der Waals surface area contributed by atoms with Crippen molar-refractivity contribution >= 4 is 60.7 Å². The minimum absolute atomic E-state index is 0.00507. The predicted molar refractivity (Wildman–Crippen MR) is 232 cm³/mol. The predicted octanol–water partition coefficient (Wildman–Crippen LogP) is 4.47. The highest BCUT2D eigenvalue weighted by molar-refractivity contribution is 7.88. The third-order valence-corrected chi connectivity index (χ3v) is 14.5. The molecule has 46 heteroatoms. The molecule has 0 heterocycles. The molecule has 0 aromatic rings. The highest BCUT2D eigenvalue weighted by atomic mass is 32.2. The SMILES string of the molecule is CC(F)(F)CS(=O)(=O)[O-].COC(C(F)(F)F)C(F)(F)S(=O)(=O)[O-].COC1CC2CCC1C2.COCC(F)(F)S(=O)(=O)[O-].COCCC(F)C(F)(F)S(=O)(=O)[O-].COCCCC(F)(F)S(=O)(=O)[O-].COCCCCC(F)(F)S(=O)(=O)[O-]. The number of rotatable bonds is 25. The lowest BCUT2D eigenvalue weighted by Gasteiger charge is -2.28.